The van der Waals surface area contributed by atoms with Crippen LogP contribution in [0.3, 0.4) is 0 Å². The molecule has 16 heteroatoms. The molecule has 3 N–H and O–H groups in total. The number of benzene rings is 1. The van der Waals surface area contributed by atoms with Gasteiger partial charge in [-0.1, -0.05) is 18.2 Å². The van der Waals surface area contributed by atoms with Crippen molar-refractivity contribution in [3.8, 4) is 5.75 Å². The Morgan fingerprint density at radius 1 is 1.14 bits per heavy atom. The number of esters is 3. The van der Waals surface area contributed by atoms with E-state index < -0.39 is 62.2 Å². The molecule has 4 rings (SSSR count). The highest BCUT2D eigenvalue weighted by molar-refractivity contribution is 7.52. The Kier molecular flexibility index (Phi) is 9.16. The minimum absolute atomic E-state index is 0.189. The van der Waals surface area contributed by atoms with Gasteiger partial charge in [-0.25, -0.2) is 14.1 Å². The van der Waals surface area contributed by atoms with Crippen molar-refractivity contribution in [2.75, 3.05) is 19.5 Å². The predicted octanol–water partition coefficient (Wildman–Crippen LogP) is 2.14. The first-order chi connectivity index (χ1) is 19.9. The second kappa shape index (κ2) is 12.4. The minimum Gasteiger partial charge on any atom is -0.468 e. The average Bonchev–Trinajstić information content (AvgIpc) is 3.48. The van der Waals surface area contributed by atoms with Crippen LogP contribution >= 0.6 is 7.75 Å². The van der Waals surface area contributed by atoms with E-state index in [2.05, 4.69) is 15.2 Å². The summed E-state index contributed by atoms with van der Waals surface area (Å²) < 4.78 is 49.2. The van der Waals surface area contributed by atoms with Gasteiger partial charge in [-0.15, -0.1) is 0 Å². The number of hydrogen-bond donors (Lipinski definition) is 2. The van der Waals surface area contributed by atoms with Gasteiger partial charge in [0.15, 0.2) is 18.0 Å². The van der Waals surface area contributed by atoms with Crippen LogP contribution in [0.5, 0.6) is 5.75 Å². The first-order valence-electron chi connectivity index (χ1n) is 12.8. The molecule has 15 nitrogen and oxygen atoms in total. The fourth-order valence-electron chi connectivity index (χ4n) is 4.66. The third-order valence-corrected chi connectivity index (χ3v) is 8.12. The quantitative estimate of drug-likeness (QED) is 0.183. The molecule has 0 aliphatic carbocycles. The summed E-state index contributed by atoms with van der Waals surface area (Å²) in [5.41, 5.74) is 5.40. The molecule has 226 valence electrons. The van der Waals surface area contributed by atoms with Crippen LogP contribution < -0.4 is 15.3 Å². The van der Waals surface area contributed by atoms with Crippen LogP contribution in [0.4, 0.5) is 5.82 Å². The lowest BCUT2D eigenvalue weighted by Gasteiger charge is -2.30. The number of para-hydroxylation sites is 1. The Hall–Kier alpha value is -4.04. The second-order valence-electron chi connectivity index (χ2n) is 9.60. The molecule has 1 unspecified atom stereocenters. The van der Waals surface area contributed by atoms with Gasteiger partial charge >= 0.3 is 25.7 Å². The Balaban J connectivity index is 1.70. The first-order valence-corrected chi connectivity index (χ1v) is 14.4. The van der Waals surface area contributed by atoms with Crippen molar-refractivity contribution in [1.29, 1.82) is 0 Å². The van der Waals surface area contributed by atoms with Crippen LogP contribution in [0.2, 0.25) is 0 Å². The number of carbonyl (C=O) groups excluding carboxylic acids is 3. The van der Waals surface area contributed by atoms with Crippen LogP contribution in [0, 0.1) is 0 Å². The average molecular weight is 606 g/mol. The number of aromatic nitrogens is 3. The Bertz CT molecular complexity index is 1500. The molecule has 3 heterocycles. The van der Waals surface area contributed by atoms with Gasteiger partial charge < -0.3 is 29.2 Å². The summed E-state index contributed by atoms with van der Waals surface area (Å²) in [6.45, 7) is 4.93. The summed E-state index contributed by atoms with van der Waals surface area (Å²) in [7, 11) is -3.11. The fourth-order valence-corrected chi connectivity index (χ4v) is 6.16. The number of methoxy groups -OCH3 is 1. The van der Waals surface area contributed by atoms with Gasteiger partial charge in [0.25, 0.3) is 0 Å². The monoisotopic (exact) mass is 605 g/mol. The number of nitrogens with one attached hydrogen (secondary N) is 1. The summed E-state index contributed by atoms with van der Waals surface area (Å²) in [4.78, 5) is 40.5. The normalized spacial score (nSPS) is 24.0. The van der Waals surface area contributed by atoms with E-state index in [0.717, 1.165) is 0 Å². The lowest BCUT2D eigenvalue weighted by atomic mass is 9.92. The Labute approximate surface area is 241 Å². The second-order valence-corrected chi connectivity index (χ2v) is 11.3. The summed E-state index contributed by atoms with van der Waals surface area (Å²) >= 11 is 0. The van der Waals surface area contributed by atoms with Crippen LogP contribution in [0.15, 0.2) is 48.8 Å². The van der Waals surface area contributed by atoms with Gasteiger partial charge in [-0.05, 0) is 38.1 Å². The van der Waals surface area contributed by atoms with E-state index in [9.17, 15) is 18.9 Å². The summed E-state index contributed by atoms with van der Waals surface area (Å²) in [6.07, 6.45) is -2.31. The highest BCUT2D eigenvalue weighted by Gasteiger charge is 2.59. The lowest BCUT2D eigenvalue weighted by Crippen LogP contribution is -2.45. The van der Waals surface area contributed by atoms with Crippen LogP contribution in [-0.4, -0.2) is 70.6 Å². The highest BCUT2D eigenvalue weighted by atomic mass is 31.2. The highest BCUT2D eigenvalue weighted by Crippen LogP contribution is 2.48. The van der Waals surface area contributed by atoms with Gasteiger partial charge in [-0.3, -0.25) is 18.9 Å². The molecule has 0 radical (unpaired) electrons. The number of nitrogens with zero attached hydrogens (tertiary/aromatic N) is 3. The molecule has 0 spiro atoms. The molecule has 0 amide bonds. The molecule has 1 aromatic carbocycles. The van der Waals surface area contributed by atoms with Gasteiger partial charge in [-0.2, -0.15) is 10.2 Å². The smallest absolute Gasteiger partial charge is 0.459 e. The van der Waals surface area contributed by atoms with E-state index in [4.69, 9.17) is 33.7 Å². The predicted molar refractivity (Wildman–Crippen MR) is 146 cm³/mol. The molecule has 0 bridgehead atoms. The first kappa shape index (κ1) is 30.9. The number of nitrogens with two attached hydrogens (primary N) is 1. The molecule has 1 saturated heterocycles. The van der Waals surface area contributed by atoms with Crippen LogP contribution in [0.25, 0.3) is 5.52 Å². The number of hydrogen-bond acceptors (Lipinski definition) is 13. The van der Waals surface area contributed by atoms with E-state index in [0.29, 0.717) is 11.2 Å². The number of rotatable bonds is 11. The molecule has 6 atom stereocenters. The van der Waals surface area contributed by atoms with Crippen molar-refractivity contribution in [2.24, 2.45) is 0 Å². The standard InChI is InChI=1S/C26H32N5O10P/c1-15(25(34)36-5)30-42(35,41-18-9-7-6-8-10-18)37-13-20-22(38-16(2)32)23(39-17(3)33)26(4,40-20)21-12-11-19-24(27)28-14-29-31(19)21/h6-12,14-15,20,22-23H,13H2,1-5H3,(H,30,35)(H2,27,28,29)/t15-,20+,22+,23+,26-,42?/m0/s1. The van der Waals surface area contributed by atoms with Crippen LogP contribution in [0.1, 0.15) is 33.4 Å². The Morgan fingerprint density at radius 2 is 1.83 bits per heavy atom. The van der Waals surface area contributed by atoms with Crippen molar-refractivity contribution in [2.45, 2.75) is 57.6 Å². The number of ether oxygens (including phenoxy) is 4. The van der Waals surface area contributed by atoms with Gasteiger partial charge in [0.1, 0.15) is 35.3 Å². The molecular formula is C26H32N5O10P. The maximum Gasteiger partial charge on any atom is 0.459 e. The lowest BCUT2D eigenvalue weighted by molar-refractivity contribution is -0.168. The molecule has 0 saturated carbocycles. The number of fused-ring (bicyclic) bond motifs is 1. The van der Waals surface area contributed by atoms with E-state index in [-0.39, 0.29) is 11.6 Å². The number of nitrogen functional groups attached to an aromatic ring is 1. The SMILES string of the molecule is COC(=O)[C@H](C)NP(=O)(OC[C@H]1O[C@@](C)(c2ccc3c(N)ncnn23)[C@H](OC(C)=O)[C@@H]1OC(C)=O)Oc1ccccc1. The maximum absolute atomic E-state index is 13.9. The van der Waals surface area contributed by atoms with Crippen molar-refractivity contribution in [3.05, 3.63) is 54.5 Å². The molecule has 1 aliphatic rings. The molecule has 2 aromatic heterocycles. The zero-order chi connectivity index (χ0) is 30.7. The molecule has 1 fully saturated rings. The third-order valence-electron chi connectivity index (χ3n) is 6.47. The van der Waals surface area contributed by atoms with E-state index >= 15 is 0 Å². The van der Waals surface area contributed by atoms with E-state index in [1.54, 1.807) is 49.4 Å². The largest absolute Gasteiger partial charge is 0.468 e. The topological polar surface area (TPSA) is 192 Å². The minimum atomic E-state index is -4.29. The zero-order valence-corrected chi connectivity index (χ0v) is 24.5. The molecule has 1 aliphatic heterocycles. The fraction of sp³-hybridized carbons (Fsp3) is 0.423. The Morgan fingerprint density at radius 3 is 2.48 bits per heavy atom. The molecule has 3 aromatic rings. The van der Waals surface area contributed by atoms with Crippen LogP contribution in [-0.2, 0) is 48.0 Å². The van der Waals surface area contributed by atoms with E-state index in [1.165, 1.54) is 38.7 Å². The van der Waals surface area contributed by atoms with Crippen molar-refractivity contribution < 1.29 is 46.9 Å². The van der Waals surface area contributed by atoms with Gasteiger partial charge in [0, 0.05) is 13.8 Å². The number of anilines is 1. The van der Waals surface area contributed by atoms with Crippen molar-refractivity contribution in [1.82, 2.24) is 19.7 Å². The maximum atomic E-state index is 13.9. The zero-order valence-electron chi connectivity index (χ0n) is 23.6. The third kappa shape index (κ3) is 6.54. The molecular weight excluding hydrogens is 573 g/mol. The van der Waals surface area contributed by atoms with Gasteiger partial charge in [0.2, 0.25) is 0 Å². The summed E-state index contributed by atoms with van der Waals surface area (Å²) in [5, 5.41) is 6.80. The van der Waals surface area contributed by atoms with E-state index in [1.807, 2.05) is 0 Å². The van der Waals surface area contributed by atoms with Crippen molar-refractivity contribution >= 4 is 37.0 Å². The summed E-state index contributed by atoms with van der Waals surface area (Å²) in [6, 6.07) is 10.4. The molecule has 42 heavy (non-hydrogen) atoms. The van der Waals surface area contributed by atoms with Crippen molar-refractivity contribution in [3.63, 3.8) is 0 Å². The summed E-state index contributed by atoms with van der Waals surface area (Å²) in [5.74, 6) is -1.69. The van der Waals surface area contributed by atoms with Gasteiger partial charge in [0.05, 0.1) is 19.4 Å². The number of carbonyl (C=O) groups is 3.